The summed E-state index contributed by atoms with van der Waals surface area (Å²) in [5, 5.41) is 3.69. The number of ether oxygens (including phenoxy) is 2. The van der Waals surface area contributed by atoms with Crippen LogP contribution in [-0.2, 0) is 10.0 Å². The summed E-state index contributed by atoms with van der Waals surface area (Å²) in [6, 6.07) is 9.50. The van der Waals surface area contributed by atoms with Crippen molar-refractivity contribution in [3.8, 4) is 11.5 Å². The van der Waals surface area contributed by atoms with Gasteiger partial charge < -0.3 is 9.47 Å². The molecule has 116 valence electrons. The summed E-state index contributed by atoms with van der Waals surface area (Å²) in [5.74, 6) is 0.762. The van der Waals surface area contributed by atoms with Crippen LogP contribution in [0.2, 0.25) is 0 Å². The van der Waals surface area contributed by atoms with Gasteiger partial charge in [-0.25, -0.2) is 4.83 Å². The van der Waals surface area contributed by atoms with Gasteiger partial charge in [-0.15, -0.1) is 0 Å². The summed E-state index contributed by atoms with van der Waals surface area (Å²) in [6.45, 7) is 0. The molecule has 0 aliphatic rings. The maximum absolute atomic E-state index is 12.1. The zero-order valence-electron chi connectivity index (χ0n) is 12.1. The van der Waals surface area contributed by atoms with E-state index in [1.807, 2.05) is 0 Å². The third-order valence-electron chi connectivity index (χ3n) is 2.72. The molecule has 0 aliphatic heterocycles. The van der Waals surface area contributed by atoms with Crippen molar-refractivity contribution < 1.29 is 17.9 Å². The zero-order chi connectivity index (χ0) is 16.0. The van der Waals surface area contributed by atoms with Crippen LogP contribution in [0.25, 0.3) is 0 Å². The Labute approximate surface area is 128 Å². The number of sulfonamides is 1. The molecule has 2 aromatic rings. The van der Waals surface area contributed by atoms with Crippen LogP contribution in [0.3, 0.4) is 0 Å². The van der Waals surface area contributed by atoms with E-state index < -0.39 is 10.0 Å². The molecule has 0 spiro atoms. The number of nitrogens with zero attached hydrogens (tertiary/aromatic N) is 2. The molecule has 0 aliphatic carbocycles. The molecule has 0 unspecified atom stereocenters. The summed E-state index contributed by atoms with van der Waals surface area (Å²) in [4.78, 5) is 6.14. The molecule has 22 heavy (non-hydrogen) atoms. The molecule has 0 fully saturated rings. The molecule has 0 saturated heterocycles. The van der Waals surface area contributed by atoms with Crippen molar-refractivity contribution in [3.05, 3.63) is 48.3 Å². The minimum Gasteiger partial charge on any atom is -0.493 e. The van der Waals surface area contributed by atoms with Gasteiger partial charge in [0.1, 0.15) is 0 Å². The first-order valence-corrected chi connectivity index (χ1v) is 7.73. The Bertz CT molecular complexity index is 761. The van der Waals surface area contributed by atoms with E-state index in [0.717, 1.165) is 0 Å². The van der Waals surface area contributed by atoms with Gasteiger partial charge >= 0.3 is 0 Å². The number of nitrogens with one attached hydrogen (secondary N) is 1. The first-order chi connectivity index (χ1) is 10.6. The molecular formula is C14H15N3O4S. The van der Waals surface area contributed by atoms with Crippen LogP contribution in [0.15, 0.2) is 52.6 Å². The molecule has 0 amide bonds. The Morgan fingerprint density at radius 2 is 1.91 bits per heavy atom. The molecule has 1 heterocycles. The lowest BCUT2D eigenvalue weighted by Gasteiger charge is -2.09. The Kier molecular flexibility index (Phi) is 4.95. The quantitative estimate of drug-likeness (QED) is 0.642. The number of aromatic nitrogens is 1. The van der Waals surface area contributed by atoms with Crippen LogP contribution in [0, 0.1) is 0 Å². The van der Waals surface area contributed by atoms with E-state index in [4.69, 9.17) is 9.47 Å². The Balaban J connectivity index is 2.18. The fraction of sp³-hybridized carbons (Fsp3) is 0.143. The molecule has 0 bridgehead atoms. The molecule has 1 aromatic carbocycles. The van der Waals surface area contributed by atoms with E-state index in [0.29, 0.717) is 17.2 Å². The average molecular weight is 321 g/mol. The van der Waals surface area contributed by atoms with Gasteiger partial charge in [-0.05, 0) is 24.3 Å². The SMILES string of the molecule is COc1ccc(S(=O)(=O)NN=Cc2ccccn2)cc1OC. The maximum Gasteiger partial charge on any atom is 0.276 e. The van der Waals surface area contributed by atoms with Crippen molar-refractivity contribution >= 4 is 16.2 Å². The molecule has 2 rings (SSSR count). The number of benzene rings is 1. The predicted octanol–water partition coefficient (Wildman–Crippen LogP) is 1.41. The standard InChI is InChI=1S/C14H15N3O4S/c1-20-13-7-6-12(9-14(13)21-2)22(18,19)17-16-10-11-5-3-4-8-15-11/h3-10,17H,1-2H3. The second-order valence-electron chi connectivity index (χ2n) is 4.12. The average Bonchev–Trinajstić information content (AvgIpc) is 2.55. The minimum absolute atomic E-state index is 0.0170. The van der Waals surface area contributed by atoms with Crippen LogP contribution >= 0.6 is 0 Å². The van der Waals surface area contributed by atoms with E-state index >= 15 is 0 Å². The van der Waals surface area contributed by atoms with Crippen LogP contribution in [0.4, 0.5) is 0 Å². The van der Waals surface area contributed by atoms with Crippen molar-refractivity contribution in [2.45, 2.75) is 4.90 Å². The van der Waals surface area contributed by atoms with E-state index in [-0.39, 0.29) is 4.90 Å². The molecule has 0 atom stereocenters. The van der Waals surface area contributed by atoms with Crippen molar-refractivity contribution in [1.82, 2.24) is 9.82 Å². The molecule has 7 nitrogen and oxygen atoms in total. The number of hydrogen-bond donors (Lipinski definition) is 1. The fourth-order valence-electron chi connectivity index (χ4n) is 1.65. The van der Waals surface area contributed by atoms with Gasteiger partial charge in [-0.1, -0.05) is 6.07 Å². The molecule has 8 heteroatoms. The lowest BCUT2D eigenvalue weighted by atomic mass is 10.3. The van der Waals surface area contributed by atoms with Crippen LogP contribution in [0.5, 0.6) is 11.5 Å². The van der Waals surface area contributed by atoms with E-state index in [2.05, 4.69) is 14.9 Å². The van der Waals surface area contributed by atoms with Crippen LogP contribution in [-0.4, -0.2) is 33.8 Å². The number of hydrogen-bond acceptors (Lipinski definition) is 6. The highest BCUT2D eigenvalue weighted by Gasteiger charge is 2.16. The topological polar surface area (TPSA) is 89.9 Å². The second-order valence-corrected chi connectivity index (χ2v) is 5.79. The van der Waals surface area contributed by atoms with E-state index in [9.17, 15) is 8.42 Å². The van der Waals surface area contributed by atoms with E-state index in [1.165, 1.54) is 38.6 Å². The first-order valence-electron chi connectivity index (χ1n) is 6.25. The summed E-state index contributed by atoms with van der Waals surface area (Å²) in [6.07, 6.45) is 2.91. The molecule has 1 aromatic heterocycles. The molecule has 0 radical (unpaired) electrons. The first kappa shape index (κ1) is 15.8. The number of rotatable bonds is 6. The Morgan fingerprint density at radius 1 is 1.14 bits per heavy atom. The number of pyridine rings is 1. The highest BCUT2D eigenvalue weighted by molar-refractivity contribution is 7.89. The van der Waals surface area contributed by atoms with Crippen molar-refractivity contribution in [2.24, 2.45) is 5.10 Å². The van der Waals surface area contributed by atoms with Gasteiger partial charge in [0.05, 0.1) is 31.0 Å². The highest BCUT2D eigenvalue weighted by atomic mass is 32.2. The molecule has 0 saturated carbocycles. The van der Waals surface area contributed by atoms with E-state index in [1.54, 1.807) is 24.4 Å². The van der Waals surface area contributed by atoms with Crippen LogP contribution < -0.4 is 14.3 Å². The Hall–Kier alpha value is -2.61. The summed E-state index contributed by atoms with van der Waals surface area (Å²) < 4.78 is 34.4. The molecule has 1 N–H and O–H groups in total. The van der Waals surface area contributed by atoms with Gasteiger partial charge in [0.2, 0.25) is 0 Å². The predicted molar refractivity (Wildman–Crippen MR) is 81.7 cm³/mol. The lowest BCUT2D eigenvalue weighted by molar-refractivity contribution is 0.354. The smallest absolute Gasteiger partial charge is 0.276 e. The Morgan fingerprint density at radius 3 is 2.55 bits per heavy atom. The summed E-state index contributed by atoms with van der Waals surface area (Å²) >= 11 is 0. The van der Waals surface area contributed by atoms with Gasteiger partial charge in [0, 0.05) is 12.3 Å². The monoisotopic (exact) mass is 321 g/mol. The second kappa shape index (κ2) is 6.90. The van der Waals surface area contributed by atoms with Gasteiger partial charge in [0.15, 0.2) is 11.5 Å². The molecular weight excluding hydrogens is 306 g/mol. The van der Waals surface area contributed by atoms with Gasteiger partial charge in [0.25, 0.3) is 10.0 Å². The van der Waals surface area contributed by atoms with Crippen molar-refractivity contribution in [1.29, 1.82) is 0 Å². The zero-order valence-corrected chi connectivity index (χ0v) is 12.9. The normalized spacial score (nSPS) is 11.4. The van der Waals surface area contributed by atoms with Crippen LogP contribution in [0.1, 0.15) is 5.69 Å². The largest absolute Gasteiger partial charge is 0.493 e. The third-order valence-corrected chi connectivity index (χ3v) is 3.94. The van der Waals surface area contributed by atoms with Gasteiger partial charge in [-0.2, -0.15) is 13.5 Å². The third kappa shape index (κ3) is 3.73. The maximum atomic E-state index is 12.1. The highest BCUT2D eigenvalue weighted by Crippen LogP contribution is 2.29. The fourth-order valence-corrected chi connectivity index (χ4v) is 2.46. The summed E-state index contributed by atoms with van der Waals surface area (Å²) in [5.41, 5.74) is 0.539. The number of hydrazone groups is 1. The minimum atomic E-state index is -3.80. The lowest BCUT2D eigenvalue weighted by Crippen LogP contribution is -2.18. The van der Waals surface area contributed by atoms with Crippen molar-refractivity contribution in [2.75, 3.05) is 14.2 Å². The van der Waals surface area contributed by atoms with Gasteiger partial charge in [-0.3, -0.25) is 4.98 Å². The number of methoxy groups -OCH3 is 2. The summed E-state index contributed by atoms with van der Waals surface area (Å²) in [7, 11) is -0.894. The van der Waals surface area contributed by atoms with Crippen molar-refractivity contribution in [3.63, 3.8) is 0 Å².